The van der Waals surface area contributed by atoms with Crippen molar-refractivity contribution in [3.63, 3.8) is 0 Å². The van der Waals surface area contributed by atoms with Crippen molar-refractivity contribution in [2.75, 3.05) is 7.05 Å². The van der Waals surface area contributed by atoms with Crippen molar-refractivity contribution in [1.82, 2.24) is 5.32 Å². The summed E-state index contributed by atoms with van der Waals surface area (Å²) in [7, 11) is 1.71. The van der Waals surface area contributed by atoms with E-state index in [1.54, 1.807) is 26.1 Å². The molecule has 1 atom stereocenters. The van der Waals surface area contributed by atoms with E-state index < -0.39 is 11.6 Å². The number of hydrogen-bond acceptors (Lipinski definition) is 1. The molecule has 0 bridgehead atoms. The van der Waals surface area contributed by atoms with E-state index in [4.69, 9.17) is 0 Å². The van der Waals surface area contributed by atoms with Gasteiger partial charge in [-0.2, -0.15) is 0 Å². The van der Waals surface area contributed by atoms with Crippen molar-refractivity contribution < 1.29 is 13.2 Å². The normalized spacial score (nSPS) is 12.5. The molecular weight excluding hydrogens is 343 g/mol. The lowest BCUT2D eigenvalue weighted by atomic mass is 9.97. The Bertz CT molecular complexity index is 658. The molecule has 0 aliphatic rings. The van der Waals surface area contributed by atoms with Crippen molar-refractivity contribution in [3.05, 3.63) is 68.9 Å². The molecule has 0 saturated heterocycles. The zero-order valence-electron chi connectivity index (χ0n) is 11.7. The zero-order chi connectivity index (χ0) is 15.6. The molecule has 5 heteroatoms. The Morgan fingerprint density at radius 2 is 1.76 bits per heavy atom. The van der Waals surface area contributed by atoms with Crippen LogP contribution in [0.25, 0.3) is 0 Å². The monoisotopic (exact) mass is 357 g/mol. The maximum Gasteiger partial charge on any atom is 0.143 e. The van der Waals surface area contributed by atoms with Crippen LogP contribution in [0.2, 0.25) is 0 Å². The fraction of sp³-hybridized carbons (Fsp3) is 0.250. The predicted molar refractivity (Wildman–Crippen MR) is 80.7 cm³/mol. The Hall–Kier alpha value is -1.33. The Kier molecular flexibility index (Phi) is 5.06. The minimum absolute atomic E-state index is 0.00528. The lowest BCUT2D eigenvalue weighted by molar-refractivity contribution is 0.511. The average molecular weight is 358 g/mol. The first-order chi connectivity index (χ1) is 9.93. The maximum absolute atomic E-state index is 14.0. The molecule has 2 aromatic rings. The highest BCUT2D eigenvalue weighted by Gasteiger charge is 2.18. The number of likely N-dealkylation sites (N-methyl/N-ethyl adjacent to an activating group) is 1. The molecule has 21 heavy (non-hydrogen) atoms. The van der Waals surface area contributed by atoms with Gasteiger partial charge in [-0.05, 0) is 65.6 Å². The van der Waals surface area contributed by atoms with E-state index in [9.17, 15) is 13.2 Å². The van der Waals surface area contributed by atoms with E-state index in [0.29, 0.717) is 5.56 Å². The summed E-state index contributed by atoms with van der Waals surface area (Å²) in [6, 6.07) is 6.93. The van der Waals surface area contributed by atoms with E-state index in [2.05, 4.69) is 21.2 Å². The second-order valence-corrected chi connectivity index (χ2v) is 5.73. The number of aryl methyl sites for hydroxylation is 1. The van der Waals surface area contributed by atoms with E-state index in [1.807, 2.05) is 0 Å². The van der Waals surface area contributed by atoms with Gasteiger partial charge in [-0.25, -0.2) is 13.2 Å². The highest BCUT2D eigenvalue weighted by molar-refractivity contribution is 9.10. The van der Waals surface area contributed by atoms with Crippen molar-refractivity contribution in [3.8, 4) is 0 Å². The smallest absolute Gasteiger partial charge is 0.143 e. The molecule has 1 nitrogen and oxygen atoms in total. The standard InChI is InChI=1S/C16H15BrF3N/c1-9-7-10(3-5-13(9)18)15(21-2)8-11-14(19)6-4-12(17)16(11)20/h3-7,15,21H,8H2,1-2H3. The number of hydrogen-bond donors (Lipinski definition) is 1. The molecule has 0 amide bonds. The summed E-state index contributed by atoms with van der Waals surface area (Å²) >= 11 is 3.06. The maximum atomic E-state index is 14.0. The van der Waals surface area contributed by atoms with Gasteiger partial charge in [0.25, 0.3) is 0 Å². The molecule has 1 N–H and O–H groups in total. The Balaban J connectivity index is 2.35. The van der Waals surface area contributed by atoms with Gasteiger partial charge in [0.1, 0.15) is 17.5 Å². The van der Waals surface area contributed by atoms with Crippen LogP contribution in [0.3, 0.4) is 0 Å². The summed E-state index contributed by atoms with van der Waals surface area (Å²) in [6.07, 6.45) is 0.138. The van der Waals surface area contributed by atoms with Crippen molar-refractivity contribution in [2.45, 2.75) is 19.4 Å². The van der Waals surface area contributed by atoms with Crippen LogP contribution in [0.15, 0.2) is 34.8 Å². The fourth-order valence-corrected chi connectivity index (χ4v) is 2.60. The van der Waals surface area contributed by atoms with Crippen molar-refractivity contribution in [2.24, 2.45) is 0 Å². The van der Waals surface area contributed by atoms with Crippen LogP contribution in [0.5, 0.6) is 0 Å². The van der Waals surface area contributed by atoms with Gasteiger partial charge >= 0.3 is 0 Å². The van der Waals surface area contributed by atoms with Gasteiger partial charge < -0.3 is 5.32 Å². The molecule has 2 rings (SSSR count). The molecule has 1 unspecified atom stereocenters. The third-order valence-electron chi connectivity index (χ3n) is 3.48. The van der Waals surface area contributed by atoms with E-state index in [1.165, 1.54) is 18.2 Å². The topological polar surface area (TPSA) is 12.0 Å². The first-order valence-corrected chi connectivity index (χ1v) is 7.29. The quantitative estimate of drug-likeness (QED) is 0.783. The summed E-state index contributed by atoms with van der Waals surface area (Å²) in [6.45, 7) is 1.66. The Morgan fingerprint density at radius 3 is 2.38 bits per heavy atom. The molecule has 0 fully saturated rings. The minimum Gasteiger partial charge on any atom is -0.313 e. The first kappa shape index (κ1) is 16.0. The highest BCUT2D eigenvalue weighted by atomic mass is 79.9. The number of nitrogens with one attached hydrogen (secondary N) is 1. The molecule has 0 spiro atoms. The van der Waals surface area contributed by atoms with E-state index in [0.717, 1.165) is 5.56 Å². The van der Waals surface area contributed by atoms with Gasteiger partial charge in [0.2, 0.25) is 0 Å². The van der Waals surface area contributed by atoms with Crippen LogP contribution in [-0.4, -0.2) is 7.05 Å². The molecule has 2 aromatic carbocycles. The summed E-state index contributed by atoms with van der Waals surface area (Å²) in [5.41, 5.74) is 1.30. The van der Waals surface area contributed by atoms with Crippen LogP contribution in [-0.2, 0) is 6.42 Å². The largest absolute Gasteiger partial charge is 0.313 e. The van der Waals surface area contributed by atoms with Crippen molar-refractivity contribution >= 4 is 15.9 Å². The first-order valence-electron chi connectivity index (χ1n) is 6.49. The van der Waals surface area contributed by atoms with Gasteiger partial charge in [-0.3, -0.25) is 0 Å². The third kappa shape index (κ3) is 3.47. The molecule has 0 radical (unpaired) electrons. The summed E-state index contributed by atoms with van der Waals surface area (Å²) in [4.78, 5) is 0. The predicted octanol–water partition coefficient (Wildman–Crippen LogP) is 4.68. The Morgan fingerprint density at radius 1 is 1.10 bits per heavy atom. The number of benzene rings is 2. The van der Waals surface area contributed by atoms with Gasteiger partial charge in [-0.15, -0.1) is 0 Å². The summed E-state index contributed by atoms with van der Waals surface area (Å²) in [5.74, 6) is -1.49. The zero-order valence-corrected chi connectivity index (χ0v) is 13.3. The summed E-state index contributed by atoms with van der Waals surface area (Å²) in [5, 5.41) is 3.02. The van der Waals surface area contributed by atoms with E-state index in [-0.39, 0.29) is 28.3 Å². The average Bonchev–Trinajstić information content (AvgIpc) is 2.47. The third-order valence-corrected chi connectivity index (χ3v) is 4.09. The minimum atomic E-state index is -0.603. The van der Waals surface area contributed by atoms with Crippen LogP contribution < -0.4 is 5.32 Å². The second-order valence-electron chi connectivity index (χ2n) is 4.88. The van der Waals surface area contributed by atoms with Crippen molar-refractivity contribution in [1.29, 1.82) is 0 Å². The Labute approximate surface area is 130 Å². The van der Waals surface area contributed by atoms with Gasteiger partial charge in [0.05, 0.1) is 4.47 Å². The van der Waals surface area contributed by atoms with Crippen LogP contribution in [0, 0.1) is 24.4 Å². The van der Waals surface area contributed by atoms with Crippen LogP contribution in [0.1, 0.15) is 22.7 Å². The molecule has 112 valence electrons. The molecule has 0 aromatic heterocycles. The highest BCUT2D eigenvalue weighted by Crippen LogP contribution is 2.27. The SMILES string of the molecule is CNC(Cc1c(F)ccc(Br)c1F)c1ccc(F)c(C)c1. The lowest BCUT2D eigenvalue weighted by Crippen LogP contribution is -2.20. The van der Waals surface area contributed by atoms with Crippen LogP contribution in [0.4, 0.5) is 13.2 Å². The molecule has 0 aliphatic heterocycles. The van der Waals surface area contributed by atoms with Gasteiger partial charge in [0.15, 0.2) is 0 Å². The lowest BCUT2D eigenvalue weighted by Gasteiger charge is -2.18. The molecule has 0 saturated carbocycles. The molecular formula is C16H15BrF3N. The molecule has 0 heterocycles. The van der Waals surface area contributed by atoms with Crippen LogP contribution >= 0.6 is 15.9 Å². The number of rotatable bonds is 4. The van der Waals surface area contributed by atoms with Gasteiger partial charge in [-0.1, -0.05) is 12.1 Å². The summed E-state index contributed by atoms with van der Waals surface area (Å²) < 4.78 is 41.4. The second kappa shape index (κ2) is 6.62. The fourth-order valence-electron chi connectivity index (χ4n) is 2.23. The number of halogens is 4. The molecule has 0 aliphatic carbocycles. The van der Waals surface area contributed by atoms with E-state index >= 15 is 0 Å². The van der Waals surface area contributed by atoms with Gasteiger partial charge in [0, 0.05) is 11.6 Å².